The first kappa shape index (κ1) is 20.8. The van der Waals surface area contributed by atoms with E-state index in [-0.39, 0.29) is 23.7 Å². The van der Waals surface area contributed by atoms with Crippen LogP contribution >= 0.6 is 45.3 Å². The van der Waals surface area contributed by atoms with E-state index in [0.29, 0.717) is 0 Å². The van der Waals surface area contributed by atoms with Crippen LogP contribution in [0.3, 0.4) is 0 Å². The van der Waals surface area contributed by atoms with Crippen molar-refractivity contribution in [2.45, 2.75) is 18.5 Å². The molecular formula is C25H18N2O2S4. The Labute approximate surface area is 206 Å². The molecule has 2 aliphatic heterocycles. The summed E-state index contributed by atoms with van der Waals surface area (Å²) in [5, 5.41) is 13.6. The van der Waals surface area contributed by atoms with E-state index in [4.69, 9.17) is 0 Å². The molecule has 0 amide bonds. The lowest BCUT2D eigenvalue weighted by atomic mass is 9.90. The van der Waals surface area contributed by atoms with Crippen LogP contribution in [0.1, 0.15) is 58.7 Å². The molecule has 2 N–H and O–H groups in total. The number of allylic oxidation sites excluding steroid dienone is 2. The van der Waals surface area contributed by atoms with Gasteiger partial charge in [-0.2, -0.15) is 0 Å². The maximum Gasteiger partial charge on any atom is 0.195 e. The molecule has 33 heavy (non-hydrogen) atoms. The minimum Gasteiger partial charge on any atom is -0.370 e. The van der Waals surface area contributed by atoms with Crippen molar-refractivity contribution in [3.05, 3.63) is 89.9 Å². The smallest absolute Gasteiger partial charge is 0.195 e. The van der Waals surface area contributed by atoms with Gasteiger partial charge >= 0.3 is 0 Å². The molecule has 4 nitrogen and oxygen atoms in total. The average molecular weight is 507 g/mol. The molecule has 2 bridgehead atoms. The number of carbonyl (C=O) groups excluding carboxylic acids is 2. The van der Waals surface area contributed by atoms with Crippen LogP contribution in [0.4, 0.5) is 10.0 Å². The van der Waals surface area contributed by atoms with Crippen LogP contribution in [-0.2, 0) is 0 Å². The molecule has 6 rings (SSSR count). The SMILES string of the molecule is O=C(/C=C/c1cc2c(s1)NC1CC2Nc2sc(/C=C/C(=O)c3cccs3)cc21)c1cccs1. The van der Waals surface area contributed by atoms with Gasteiger partial charge < -0.3 is 10.6 Å². The highest BCUT2D eigenvalue weighted by atomic mass is 32.1. The zero-order valence-electron chi connectivity index (χ0n) is 17.2. The molecule has 6 heterocycles. The summed E-state index contributed by atoms with van der Waals surface area (Å²) >= 11 is 6.30. The maximum absolute atomic E-state index is 12.3. The van der Waals surface area contributed by atoms with Crippen molar-refractivity contribution in [2.75, 3.05) is 10.6 Å². The molecule has 2 atom stereocenters. The maximum atomic E-state index is 12.3. The van der Waals surface area contributed by atoms with E-state index < -0.39 is 0 Å². The Morgan fingerprint density at radius 3 is 1.70 bits per heavy atom. The second-order valence-corrected chi connectivity index (χ2v) is 11.9. The number of carbonyl (C=O) groups is 2. The minimum atomic E-state index is 0.0431. The zero-order chi connectivity index (χ0) is 22.4. The Hall–Kier alpha value is -2.78. The van der Waals surface area contributed by atoms with Crippen molar-refractivity contribution in [1.82, 2.24) is 0 Å². The number of anilines is 2. The number of hydrogen-bond acceptors (Lipinski definition) is 8. The second kappa shape index (κ2) is 8.53. The van der Waals surface area contributed by atoms with Crippen LogP contribution in [0.25, 0.3) is 12.2 Å². The highest BCUT2D eigenvalue weighted by Gasteiger charge is 2.35. The first-order valence-corrected chi connectivity index (χ1v) is 13.9. The summed E-state index contributed by atoms with van der Waals surface area (Å²) in [6.07, 6.45) is 8.13. The third-order valence-electron chi connectivity index (χ3n) is 5.72. The van der Waals surface area contributed by atoms with Gasteiger partial charge in [-0.15, -0.1) is 45.3 Å². The second-order valence-electron chi connectivity index (χ2n) is 7.85. The van der Waals surface area contributed by atoms with Gasteiger partial charge in [0.2, 0.25) is 0 Å². The van der Waals surface area contributed by atoms with E-state index >= 15 is 0 Å². The van der Waals surface area contributed by atoms with Crippen LogP contribution in [0.2, 0.25) is 0 Å². The Morgan fingerprint density at radius 2 is 1.27 bits per heavy atom. The molecule has 2 aliphatic rings. The van der Waals surface area contributed by atoms with E-state index in [0.717, 1.165) is 35.9 Å². The number of ketones is 2. The van der Waals surface area contributed by atoms with Crippen molar-refractivity contribution in [2.24, 2.45) is 0 Å². The van der Waals surface area contributed by atoms with Gasteiger partial charge in [0.15, 0.2) is 11.6 Å². The van der Waals surface area contributed by atoms with E-state index in [2.05, 4.69) is 22.8 Å². The van der Waals surface area contributed by atoms with Gasteiger partial charge in [0, 0.05) is 20.9 Å². The zero-order valence-corrected chi connectivity index (χ0v) is 20.5. The van der Waals surface area contributed by atoms with Gasteiger partial charge in [-0.3, -0.25) is 9.59 Å². The quantitative estimate of drug-likeness (QED) is 0.207. The number of hydrogen-bond donors (Lipinski definition) is 2. The summed E-state index contributed by atoms with van der Waals surface area (Å²) in [5.74, 6) is 0.0862. The predicted molar refractivity (Wildman–Crippen MR) is 141 cm³/mol. The van der Waals surface area contributed by atoms with Crippen molar-refractivity contribution in [3.63, 3.8) is 0 Å². The summed E-state index contributed by atoms with van der Waals surface area (Å²) in [4.78, 5) is 28.2. The Kier molecular flexibility index (Phi) is 5.38. The van der Waals surface area contributed by atoms with E-state index in [1.165, 1.54) is 33.8 Å². The summed E-state index contributed by atoms with van der Waals surface area (Å²) in [7, 11) is 0. The molecule has 0 saturated carbocycles. The molecule has 0 saturated heterocycles. The van der Waals surface area contributed by atoms with Gasteiger partial charge in [-0.05, 0) is 65.8 Å². The van der Waals surface area contributed by atoms with Crippen molar-refractivity contribution < 1.29 is 9.59 Å². The first-order valence-electron chi connectivity index (χ1n) is 10.5. The van der Waals surface area contributed by atoms with E-state index in [1.807, 2.05) is 47.2 Å². The summed E-state index contributed by atoms with van der Waals surface area (Å²) in [5.41, 5.74) is 2.51. The normalized spacial score (nSPS) is 18.7. The summed E-state index contributed by atoms with van der Waals surface area (Å²) in [6, 6.07) is 12.3. The lowest BCUT2D eigenvalue weighted by molar-refractivity contribution is 0.104. The number of nitrogens with one attached hydrogen (secondary N) is 2. The Balaban J connectivity index is 1.19. The third-order valence-corrected chi connectivity index (χ3v) is 9.58. The number of fused-ring (bicyclic) bond motifs is 6. The lowest BCUT2D eigenvalue weighted by Crippen LogP contribution is -2.28. The number of thiophene rings is 4. The van der Waals surface area contributed by atoms with E-state index in [1.54, 1.807) is 34.8 Å². The minimum absolute atomic E-state index is 0.0431. The average Bonchev–Trinajstić information content (AvgIpc) is 3.61. The molecule has 2 unspecified atom stereocenters. The summed E-state index contributed by atoms with van der Waals surface area (Å²) < 4.78 is 0. The van der Waals surface area contributed by atoms with Crippen LogP contribution in [0.5, 0.6) is 0 Å². The lowest BCUT2D eigenvalue weighted by Gasteiger charge is -2.36. The van der Waals surface area contributed by atoms with Crippen molar-refractivity contribution in [1.29, 1.82) is 0 Å². The van der Waals surface area contributed by atoms with Gasteiger partial charge in [0.05, 0.1) is 31.8 Å². The largest absolute Gasteiger partial charge is 0.370 e. The molecule has 0 aliphatic carbocycles. The van der Waals surface area contributed by atoms with Crippen molar-refractivity contribution >= 4 is 79.1 Å². The highest BCUT2D eigenvalue weighted by molar-refractivity contribution is 7.18. The fraction of sp³-hybridized carbons (Fsp3) is 0.120. The fourth-order valence-electron chi connectivity index (χ4n) is 4.15. The third kappa shape index (κ3) is 4.04. The molecule has 4 aromatic heterocycles. The Morgan fingerprint density at radius 1 is 0.788 bits per heavy atom. The van der Waals surface area contributed by atoms with Crippen molar-refractivity contribution in [3.8, 4) is 0 Å². The molecule has 0 radical (unpaired) electrons. The highest BCUT2D eigenvalue weighted by Crippen LogP contribution is 2.52. The molecule has 0 fully saturated rings. The number of rotatable bonds is 6. The van der Waals surface area contributed by atoms with Crippen LogP contribution in [0, 0.1) is 0 Å². The van der Waals surface area contributed by atoms with Crippen LogP contribution in [-0.4, -0.2) is 11.6 Å². The molecule has 0 aromatic carbocycles. The Bertz CT molecular complexity index is 1280. The monoisotopic (exact) mass is 506 g/mol. The predicted octanol–water partition coefficient (Wildman–Crippen LogP) is 7.75. The fourth-order valence-corrected chi connectivity index (χ4v) is 7.60. The topological polar surface area (TPSA) is 58.2 Å². The van der Waals surface area contributed by atoms with Gasteiger partial charge in [0.25, 0.3) is 0 Å². The standard InChI is InChI=1S/C25H18N2O2S4/c28-20(22-3-1-9-30-22)7-5-14-11-16-18-13-19(26-24(16)32-14)17-12-15(33-25(17)27-18)6-8-21(29)23-4-2-10-31-23/h1-12,18-19,26-27H,13H2/b7-5+,8-6+. The first-order chi connectivity index (χ1) is 16.1. The van der Waals surface area contributed by atoms with Gasteiger partial charge in [-0.1, -0.05) is 12.1 Å². The van der Waals surface area contributed by atoms with Gasteiger partial charge in [0.1, 0.15) is 0 Å². The summed E-state index contributed by atoms with van der Waals surface area (Å²) in [6.45, 7) is 0. The van der Waals surface area contributed by atoms with Crippen LogP contribution in [0.15, 0.2) is 59.3 Å². The molecule has 164 valence electrons. The van der Waals surface area contributed by atoms with Gasteiger partial charge in [-0.25, -0.2) is 0 Å². The van der Waals surface area contributed by atoms with E-state index in [9.17, 15) is 9.59 Å². The van der Waals surface area contributed by atoms with Crippen LogP contribution < -0.4 is 10.6 Å². The molecule has 8 heteroatoms. The molecular weight excluding hydrogens is 489 g/mol. The molecule has 0 spiro atoms. The molecule has 4 aromatic rings.